The van der Waals surface area contributed by atoms with Crippen LogP contribution in [0.3, 0.4) is 0 Å². The van der Waals surface area contributed by atoms with Gasteiger partial charge in [-0.25, -0.2) is 9.67 Å². The van der Waals surface area contributed by atoms with E-state index in [0.717, 1.165) is 5.56 Å². The number of nitrogens with one attached hydrogen (secondary N) is 1. The minimum absolute atomic E-state index is 0.125. The van der Waals surface area contributed by atoms with Gasteiger partial charge in [0.15, 0.2) is 5.82 Å². The molecule has 0 spiro atoms. The second kappa shape index (κ2) is 6.29. The fourth-order valence-electron chi connectivity index (χ4n) is 2.91. The van der Waals surface area contributed by atoms with Gasteiger partial charge in [0, 0.05) is 35.4 Å². The molecule has 1 aliphatic rings. The van der Waals surface area contributed by atoms with Crippen LogP contribution in [-0.4, -0.2) is 38.0 Å². The molecule has 4 rings (SSSR count). The molecular weight excluding hydrogens is 330 g/mol. The lowest BCUT2D eigenvalue weighted by Crippen LogP contribution is -2.33. The Morgan fingerprint density at radius 3 is 2.62 bits per heavy atom. The maximum Gasteiger partial charge on any atom is 0.259 e. The van der Waals surface area contributed by atoms with E-state index in [1.165, 1.54) is 4.90 Å². The summed E-state index contributed by atoms with van der Waals surface area (Å²) < 4.78 is 1.56. The molecule has 0 radical (unpaired) electrons. The van der Waals surface area contributed by atoms with Crippen molar-refractivity contribution in [2.24, 2.45) is 0 Å². The van der Waals surface area contributed by atoms with E-state index in [2.05, 4.69) is 22.0 Å². The summed E-state index contributed by atoms with van der Waals surface area (Å²) in [6.45, 7) is 3.82. The van der Waals surface area contributed by atoms with Gasteiger partial charge in [0.05, 0.1) is 5.69 Å². The van der Waals surface area contributed by atoms with E-state index in [9.17, 15) is 9.59 Å². The smallest absolute Gasteiger partial charge is 0.259 e. The summed E-state index contributed by atoms with van der Waals surface area (Å²) in [5.41, 5.74) is 2.35. The summed E-state index contributed by atoms with van der Waals surface area (Å²) >= 11 is 0. The van der Waals surface area contributed by atoms with Crippen molar-refractivity contribution in [3.8, 4) is 5.82 Å². The summed E-state index contributed by atoms with van der Waals surface area (Å²) in [5.74, 6) is -0.0614. The summed E-state index contributed by atoms with van der Waals surface area (Å²) in [6, 6.07) is 12.4. The van der Waals surface area contributed by atoms with Gasteiger partial charge in [0.2, 0.25) is 5.91 Å². The lowest BCUT2D eigenvalue weighted by atomic mass is 10.1. The van der Waals surface area contributed by atoms with Crippen molar-refractivity contribution in [3.63, 3.8) is 0 Å². The lowest BCUT2D eigenvalue weighted by Gasteiger charge is -2.17. The highest BCUT2D eigenvalue weighted by atomic mass is 16.2. The van der Waals surface area contributed by atoms with Gasteiger partial charge in [0.25, 0.3) is 5.91 Å². The molecule has 0 unspecified atom stereocenters. The molecule has 128 valence electrons. The van der Waals surface area contributed by atoms with Crippen LogP contribution in [0.1, 0.15) is 15.9 Å². The van der Waals surface area contributed by atoms with Gasteiger partial charge in [-0.05, 0) is 24.3 Å². The lowest BCUT2D eigenvalue weighted by molar-refractivity contribution is -0.116. The Morgan fingerprint density at radius 1 is 1.08 bits per heavy atom. The Bertz CT molecular complexity index is 975. The molecule has 7 nitrogen and oxygen atoms in total. The number of pyridine rings is 1. The van der Waals surface area contributed by atoms with Crippen molar-refractivity contribution in [2.75, 3.05) is 11.9 Å². The molecule has 0 saturated carbocycles. The number of benzene rings is 1. The molecule has 2 aromatic heterocycles. The van der Waals surface area contributed by atoms with E-state index in [0.29, 0.717) is 22.8 Å². The van der Waals surface area contributed by atoms with Crippen molar-refractivity contribution in [1.82, 2.24) is 19.7 Å². The second-order valence-electron chi connectivity index (χ2n) is 5.76. The van der Waals surface area contributed by atoms with Crippen LogP contribution in [0.25, 0.3) is 11.5 Å². The summed E-state index contributed by atoms with van der Waals surface area (Å²) in [5, 5.41) is 6.93. The Hall–Kier alpha value is -3.74. The number of rotatable bonds is 4. The topological polar surface area (TPSA) is 80.1 Å². The van der Waals surface area contributed by atoms with Crippen LogP contribution >= 0.6 is 0 Å². The van der Waals surface area contributed by atoms with E-state index in [-0.39, 0.29) is 18.4 Å². The quantitative estimate of drug-likeness (QED) is 0.787. The van der Waals surface area contributed by atoms with E-state index in [1.807, 2.05) is 12.1 Å². The Morgan fingerprint density at radius 2 is 1.88 bits per heavy atom. The fourth-order valence-corrected chi connectivity index (χ4v) is 2.91. The molecule has 1 N–H and O–H groups in total. The van der Waals surface area contributed by atoms with Gasteiger partial charge in [-0.3, -0.25) is 14.5 Å². The molecule has 3 heterocycles. The van der Waals surface area contributed by atoms with Crippen LogP contribution in [0.4, 0.5) is 5.69 Å². The van der Waals surface area contributed by atoms with Crippen LogP contribution in [0.5, 0.6) is 0 Å². The van der Waals surface area contributed by atoms with Crippen molar-refractivity contribution in [2.45, 2.75) is 0 Å². The van der Waals surface area contributed by atoms with Gasteiger partial charge < -0.3 is 5.32 Å². The molecule has 0 bridgehead atoms. The molecule has 7 heteroatoms. The van der Waals surface area contributed by atoms with E-state index in [1.54, 1.807) is 53.6 Å². The minimum Gasteiger partial charge on any atom is -0.321 e. The molecule has 26 heavy (non-hydrogen) atoms. The van der Waals surface area contributed by atoms with Crippen molar-refractivity contribution in [3.05, 3.63) is 78.8 Å². The van der Waals surface area contributed by atoms with Crippen LogP contribution in [-0.2, 0) is 4.79 Å². The van der Waals surface area contributed by atoms with E-state index < -0.39 is 0 Å². The third-order valence-corrected chi connectivity index (χ3v) is 4.12. The highest BCUT2D eigenvalue weighted by Crippen LogP contribution is 2.30. The number of carbonyl (C=O) groups excluding carboxylic acids is 2. The monoisotopic (exact) mass is 345 g/mol. The number of hydrogen-bond donors (Lipinski definition) is 1. The first-order valence-electron chi connectivity index (χ1n) is 8.00. The highest BCUT2D eigenvalue weighted by Gasteiger charge is 2.31. The number of fused-ring (bicyclic) bond motifs is 1. The molecule has 1 aromatic carbocycles. The number of aromatic nitrogens is 3. The van der Waals surface area contributed by atoms with Crippen LogP contribution in [0.15, 0.2) is 67.6 Å². The van der Waals surface area contributed by atoms with Gasteiger partial charge in [0.1, 0.15) is 6.54 Å². The minimum atomic E-state index is -0.339. The zero-order valence-corrected chi connectivity index (χ0v) is 13.8. The Labute approximate surface area is 149 Å². The SMILES string of the molecule is C=C1c2ccccc2C(=O)N1CC(=O)Nc1cccnc1-n1cccn1. The predicted molar refractivity (Wildman–Crippen MR) is 96.5 cm³/mol. The van der Waals surface area contributed by atoms with E-state index >= 15 is 0 Å². The summed E-state index contributed by atoms with van der Waals surface area (Å²) in [7, 11) is 0. The third-order valence-electron chi connectivity index (χ3n) is 4.12. The van der Waals surface area contributed by atoms with Crippen LogP contribution in [0.2, 0.25) is 0 Å². The molecule has 0 aliphatic carbocycles. The first kappa shape index (κ1) is 15.8. The molecule has 0 atom stereocenters. The molecule has 3 aromatic rings. The number of amides is 2. The molecule has 0 fully saturated rings. The fraction of sp³-hybridized carbons (Fsp3) is 0.0526. The normalized spacial score (nSPS) is 13.0. The van der Waals surface area contributed by atoms with Crippen molar-refractivity contribution < 1.29 is 9.59 Å². The van der Waals surface area contributed by atoms with Crippen LogP contribution < -0.4 is 5.32 Å². The van der Waals surface area contributed by atoms with Gasteiger partial charge in [-0.15, -0.1) is 0 Å². The van der Waals surface area contributed by atoms with Crippen molar-refractivity contribution >= 4 is 23.2 Å². The number of carbonyl (C=O) groups is 2. The Balaban J connectivity index is 1.53. The third kappa shape index (κ3) is 2.65. The summed E-state index contributed by atoms with van der Waals surface area (Å²) in [4.78, 5) is 30.7. The second-order valence-corrected chi connectivity index (χ2v) is 5.76. The van der Waals surface area contributed by atoms with Gasteiger partial charge in [-0.2, -0.15) is 5.10 Å². The zero-order valence-electron chi connectivity index (χ0n) is 13.8. The van der Waals surface area contributed by atoms with Gasteiger partial charge >= 0.3 is 0 Å². The average Bonchev–Trinajstić information content (AvgIpc) is 3.26. The molecule has 2 amide bonds. The Kier molecular flexibility index (Phi) is 3.81. The van der Waals surface area contributed by atoms with Crippen LogP contribution in [0, 0.1) is 0 Å². The molecule has 1 aliphatic heterocycles. The van der Waals surface area contributed by atoms with Gasteiger partial charge in [-0.1, -0.05) is 24.8 Å². The molecular formula is C19H15N5O2. The highest BCUT2D eigenvalue weighted by molar-refractivity contribution is 6.11. The predicted octanol–water partition coefficient (Wildman–Crippen LogP) is 2.33. The maximum absolute atomic E-state index is 12.5. The number of nitrogens with zero attached hydrogens (tertiary/aromatic N) is 4. The van der Waals surface area contributed by atoms with E-state index in [4.69, 9.17) is 0 Å². The number of anilines is 1. The largest absolute Gasteiger partial charge is 0.321 e. The first-order chi connectivity index (χ1) is 12.6. The number of hydrogen-bond acceptors (Lipinski definition) is 4. The van der Waals surface area contributed by atoms with Crippen molar-refractivity contribution in [1.29, 1.82) is 0 Å². The average molecular weight is 345 g/mol. The zero-order chi connectivity index (χ0) is 18.1. The first-order valence-corrected chi connectivity index (χ1v) is 8.00. The summed E-state index contributed by atoms with van der Waals surface area (Å²) in [6.07, 6.45) is 4.99. The maximum atomic E-state index is 12.5. The molecule has 0 saturated heterocycles. The standard InChI is InChI=1S/C19H15N5O2/c1-13-14-6-2-3-7-15(14)19(26)23(13)12-17(25)22-16-8-4-9-20-18(16)24-11-5-10-21-24/h2-11H,1,12H2,(H,22,25).